The van der Waals surface area contributed by atoms with E-state index in [4.69, 9.17) is 14.4 Å². The van der Waals surface area contributed by atoms with Gasteiger partial charge in [0.1, 0.15) is 11.2 Å². The molecule has 2 aromatic heterocycles. The Hall–Kier alpha value is -7.10. The number of furan rings is 1. The maximum atomic E-state index is 6.22. The summed E-state index contributed by atoms with van der Waals surface area (Å²) in [5.74, 6) is 0.699. The molecule has 2 heterocycles. The molecule has 264 valence electrons. The van der Waals surface area contributed by atoms with E-state index < -0.39 is 0 Å². The van der Waals surface area contributed by atoms with Crippen LogP contribution in [-0.4, -0.2) is 9.97 Å². The van der Waals surface area contributed by atoms with E-state index in [1.54, 1.807) is 0 Å². The molecule has 0 atom stereocenters. The van der Waals surface area contributed by atoms with Crippen LogP contribution < -0.4 is 0 Å². The maximum absolute atomic E-state index is 6.22. The molecule has 0 amide bonds. The lowest BCUT2D eigenvalue weighted by molar-refractivity contribution is 0.660. The first-order valence-corrected chi connectivity index (χ1v) is 19.2. The van der Waals surface area contributed by atoms with Crippen molar-refractivity contribution in [2.75, 3.05) is 0 Å². The third kappa shape index (κ3) is 5.27. The topological polar surface area (TPSA) is 38.9 Å². The summed E-state index contributed by atoms with van der Waals surface area (Å²) in [7, 11) is 0. The third-order valence-electron chi connectivity index (χ3n) is 11.7. The molecule has 1 aliphatic rings. The molecule has 0 spiro atoms. The summed E-state index contributed by atoms with van der Waals surface area (Å²) >= 11 is 0. The number of nitrogens with zero attached hydrogens (tertiary/aromatic N) is 2. The number of aromatic nitrogens is 2. The van der Waals surface area contributed by atoms with Crippen LogP contribution in [0.1, 0.15) is 25.0 Å². The Labute approximate surface area is 325 Å². The fraction of sp³-hybridized carbons (Fsp3) is 0.0566. The zero-order chi connectivity index (χ0) is 37.4. The zero-order valence-corrected chi connectivity index (χ0v) is 31.1. The van der Waals surface area contributed by atoms with Gasteiger partial charge in [0.05, 0.1) is 11.4 Å². The van der Waals surface area contributed by atoms with E-state index in [1.165, 1.54) is 33.0 Å². The van der Waals surface area contributed by atoms with E-state index in [-0.39, 0.29) is 5.41 Å². The first-order chi connectivity index (χ1) is 27.5. The molecule has 10 aromatic rings. The maximum Gasteiger partial charge on any atom is 0.160 e. The molecule has 0 aliphatic heterocycles. The van der Waals surface area contributed by atoms with Crippen LogP contribution in [0.5, 0.6) is 0 Å². The van der Waals surface area contributed by atoms with Gasteiger partial charge in [-0.15, -0.1) is 0 Å². The van der Waals surface area contributed by atoms with Gasteiger partial charge in [0.2, 0.25) is 0 Å². The summed E-state index contributed by atoms with van der Waals surface area (Å²) in [6, 6.07) is 65.0. The number of rotatable bonds is 5. The second-order valence-corrected chi connectivity index (χ2v) is 15.4. The lowest BCUT2D eigenvalue weighted by atomic mass is 9.82. The first kappa shape index (κ1) is 32.3. The van der Waals surface area contributed by atoms with Gasteiger partial charge in [-0.05, 0) is 110 Å². The van der Waals surface area contributed by atoms with E-state index in [0.29, 0.717) is 5.82 Å². The van der Waals surface area contributed by atoms with Crippen molar-refractivity contribution in [1.82, 2.24) is 9.97 Å². The minimum absolute atomic E-state index is 0.120. The molecule has 3 nitrogen and oxygen atoms in total. The average Bonchev–Trinajstić information content (AvgIpc) is 3.74. The van der Waals surface area contributed by atoms with Gasteiger partial charge in [-0.25, -0.2) is 9.97 Å². The number of benzene rings is 8. The van der Waals surface area contributed by atoms with E-state index in [9.17, 15) is 0 Å². The van der Waals surface area contributed by atoms with Crippen LogP contribution in [0.2, 0.25) is 0 Å². The molecule has 8 aromatic carbocycles. The van der Waals surface area contributed by atoms with Crippen molar-refractivity contribution in [2.24, 2.45) is 0 Å². The minimum Gasteiger partial charge on any atom is -0.456 e. The fourth-order valence-corrected chi connectivity index (χ4v) is 8.71. The Morgan fingerprint density at radius 1 is 0.375 bits per heavy atom. The van der Waals surface area contributed by atoms with Crippen molar-refractivity contribution < 1.29 is 4.42 Å². The predicted molar refractivity (Wildman–Crippen MR) is 232 cm³/mol. The van der Waals surface area contributed by atoms with Crippen LogP contribution >= 0.6 is 0 Å². The molecule has 0 fully saturated rings. The molecule has 0 radical (unpaired) electrons. The van der Waals surface area contributed by atoms with Crippen molar-refractivity contribution in [1.29, 1.82) is 0 Å². The molecule has 0 N–H and O–H groups in total. The molecule has 1 aliphatic carbocycles. The van der Waals surface area contributed by atoms with Gasteiger partial charge in [-0.3, -0.25) is 0 Å². The molecule has 0 saturated heterocycles. The Morgan fingerprint density at radius 2 is 1.00 bits per heavy atom. The first-order valence-electron chi connectivity index (χ1n) is 19.2. The fourth-order valence-electron chi connectivity index (χ4n) is 8.71. The van der Waals surface area contributed by atoms with E-state index in [1.807, 2.05) is 30.3 Å². The SMILES string of the molecule is CC1(C)c2ccccc2-c2ccc(-c3cc(-c4cc(-c5ccc6ccccc6c5)cc(-c5ccc6oc7ccccc7c6c5)c4)nc(-c4ccccc4)n3)cc21. The quantitative estimate of drug-likeness (QED) is 0.178. The summed E-state index contributed by atoms with van der Waals surface area (Å²) < 4.78 is 6.22. The Kier molecular flexibility index (Phi) is 7.20. The van der Waals surface area contributed by atoms with Gasteiger partial charge in [0.15, 0.2) is 5.82 Å². The Bertz CT molecular complexity index is 3170. The monoisotopic (exact) mass is 716 g/mol. The zero-order valence-electron chi connectivity index (χ0n) is 31.1. The van der Waals surface area contributed by atoms with E-state index in [0.717, 1.165) is 72.3 Å². The average molecular weight is 717 g/mol. The summed E-state index contributed by atoms with van der Waals surface area (Å²) in [6.45, 7) is 4.65. The van der Waals surface area contributed by atoms with Gasteiger partial charge < -0.3 is 4.42 Å². The second kappa shape index (κ2) is 12.5. The van der Waals surface area contributed by atoms with Crippen LogP contribution in [-0.2, 0) is 5.41 Å². The molecule has 56 heavy (non-hydrogen) atoms. The second-order valence-electron chi connectivity index (χ2n) is 15.4. The Balaban J connectivity index is 1.12. The van der Waals surface area contributed by atoms with Crippen molar-refractivity contribution in [3.63, 3.8) is 0 Å². The van der Waals surface area contributed by atoms with Gasteiger partial charge >= 0.3 is 0 Å². The third-order valence-corrected chi connectivity index (χ3v) is 11.7. The number of hydrogen-bond acceptors (Lipinski definition) is 3. The smallest absolute Gasteiger partial charge is 0.160 e. The van der Waals surface area contributed by atoms with Gasteiger partial charge in [0, 0.05) is 32.9 Å². The van der Waals surface area contributed by atoms with Gasteiger partial charge in [0.25, 0.3) is 0 Å². The van der Waals surface area contributed by atoms with Crippen LogP contribution in [0, 0.1) is 0 Å². The van der Waals surface area contributed by atoms with Crippen molar-refractivity contribution in [2.45, 2.75) is 19.3 Å². The predicted octanol–water partition coefficient (Wildman–Crippen LogP) is 14.2. The number of fused-ring (bicyclic) bond motifs is 7. The van der Waals surface area contributed by atoms with Crippen molar-refractivity contribution >= 4 is 32.7 Å². The number of hydrogen-bond donors (Lipinski definition) is 0. The summed E-state index contributed by atoms with van der Waals surface area (Å²) in [4.78, 5) is 10.6. The number of para-hydroxylation sites is 1. The highest BCUT2D eigenvalue weighted by molar-refractivity contribution is 6.06. The highest BCUT2D eigenvalue weighted by atomic mass is 16.3. The van der Waals surface area contributed by atoms with E-state index in [2.05, 4.69) is 166 Å². The van der Waals surface area contributed by atoms with Crippen LogP contribution in [0.15, 0.2) is 186 Å². The summed E-state index contributed by atoms with van der Waals surface area (Å²) in [5, 5.41) is 4.65. The lowest BCUT2D eigenvalue weighted by Gasteiger charge is -2.22. The van der Waals surface area contributed by atoms with Crippen LogP contribution in [0.25, 0.3) is 100.0 Å². The van der Waals surface area contributed by atoms with Gasteiger partial charge in [-0.1, -0.05) is 141 Å². The molecule has 0 bridgehead atoms. The van der Waals surface area contributed by atoms with Gasteiger partial charge in [-0.2, -0.15) is 0 Å². The normalized spacial score (nSPS) is 13.0. The standard InChI is InChI=1S/C53H36N2O/c1-53(2)46-18-10-8-16-42(46)43-24-22-38(31-47(43)53)48-32-49(55-52(54-48)34-13-4-3-5-14-34)41-28-39(36-21-20-33-12-6-7-15-35(33)26-36)27-40(29-41)37-23-25-51-45(30-37)44-17-9-11-19-50(44)56-51/h3-32H,1-2H3. The highest BCUT2D eigenvalue weighted by Crippen LogP contribution is 2.49. The molecular formula is C53H36N2O. The molecule has 0 saturated carbocycles. The van der Waals surface area contributed by atoms with Crippen LogP contribution in [0.4, 0.5) is 0 Å². The summed E-state index contributed by atoms with van der Waals surface area (Å²) in [5.41, 5.74) is 16.3. The van der Waals surface area contributed by atoms with Crippen molar-refractivity contribution in [3.8, 4) is 67.3 Å². The molecule has 11 rings (SSSR count). The largest absolute Gasteiger partial charge is 0.456 e. The minimum atomic E-state index is -0.120. The lowest BCUT2D eigenvalue weighted by Crippen LogP contribution is -2.14. The summed E-state index contributed by atoms with van der Waals surface area (Å²) in [6.07, 6.45) is 0. The molecular weight excluding hydrogens is 681 g/mol. The molecule has 3 heteroatoms. The molecule has 0 unspecified atom stereocenters. The Morgan fingerprint density at radius 3 is 1.86 bits per heavy atom. The van der Waals surface area contributed by atoms with E-state index >= 15 is 0 Å². The highest BCUT2D eigenvalue weighted by Gasteiger charge is 2.35. The van der Waals surface area contributed by atoms with Crippen LogP contribution in [0.3, 0.4) is 0 Å². The van der Waals surface area contributed by atoms with Crippen molar-refractivity contribution in [3.05, 3.63) is 193 Å².